The Morgan fingerprint density at radius 3 is 2.16 bits per heavy atom. The van der Waals surface area contributed by atoms with Crippen LogP contribution < -0.4 is 19.5 Å². The molecule has 1 N–H and O–H groups in total. The van der Waals surface area contributed by atoms with Crippen LogP contribution in [-0.2, 0) is 16.1 Å². The Bertz CT molecular complexity index is 919. The second-order valence-electron chi connectivity index (χ2n) is 10.9. The van der Waals surface area contributed by atoms with E-state index in [2.05, 4.69) is 17.1 Å². The molecule has 8 nitrogen and oxygen atoms in total. The first-order chi connectivity index (χ1) is 17.9. The molecule has 1 aliphatic carbocycles. The molecule has 0 radical (unpaired) electrons. The number of benzene rings is 1. The monoisotopic (exact) mass is 551 g/mol. The summed E-state index contributed by atoms with van der Waals surface area (Å²) in [6.07, 6.45) is 10.1. The summed E-state index contributed by atoms with van der Waals surface area (Å²) in [6.45, 7) is 4.87. The van der Waals surface area contributed by atoms with Crippen molar-refractivity contribution in [3.8, 4) is 17.2 Å². The molecule has 9 heteroatoms. The van der Waals surface area contributed by atoms with Gasteiger partial charge in [0.1, 0.15) is 28.8 Å². The van der Waals surface area contributed by atoms with Gasteiger partial charge < -0.3 is 24.4 Å². The van der Waals surface area contributed by atoms with Crippen LogP contribution in [0.5, 0.6) is 17.2 Å². The molecule has 2 saturated heterocycles. The van der Waals surface area contributed by atoms with Gasteiger partial charge in [0.25, 0.3) is 0 Å². The normalized spacial score (nSPS) is 22.1. The Morgan fingerprint density at radius 2 is 1.61 bits per heavy atom. The maximum Gasteiger partial charge on any atom is 0.246 e. The zero-order chi connectivity index (χ0) is 26.4. The fourth-order valence-corrected chi connectivity index (χ4v) is 6.47. The van der Waals surface area contributed by atoms with Crippen LogP contribution in [0.4, 0.5) is 0 Å². The van der Waals surface area contributed by atoms with E-state index in [-0.39, 0.29) is 30.3 Å². The molecular formula is C29H46ClN3O5. The fourth-order valence-electron chi connectivity index (χ4n) is 6.47. The summed E-state index contributed by atoms with van der Waals surface area (Å²) < 4.78 is 16.7. The van der Waals surface area contributed by atoms with E-state index in [4.69, 9.17) is 14.2 Å². The van der Waals surface area contributed by atoms with Gasteiger partial charge in [0, 0.05) is 38.3 Å². The van der Waals surface area contributed by atoms with Gasteiger partial charge in [-0.05, 0) is 31.6 Å². The highest BCUT2D eigenvalue weighted by Crippen LogP contribution is 2.39. The SMILES string of the molecule is CCCCN1C(=O)C(CC2CCCCC2)NC(=O)C12CCN(Cc1c(OC)cc(OC)cc1OC)CC2.Cl. The summed E-state index contributed by atoms with van der Waals surface area (Å²) in [7, 11) is 4.92. The molecule has 3 fully saturated rings. The van der Waals surface area contributed by atoms with Gasteiger partial charge in [0.2, 0.25) is 11.8 Å². The van der Waals surface area contributed by atoms with Crippen LogP contribution in [0.15, 0.2) is 12.1 Å². The van der Waals surface area contributed by atoms with Crippen molar-refractivity contribution in [2.24, 2.45) is 5.92 Å². The predicted molar refractivity (Wildman–Crippen MR) is 150 cm³/mol. The van der Waals surface area contributed by atoms with E-state index in [9.17, 15) is 9.59 Å². The number of hydrogen-bond donors (Lipinski definition) is 1. The molecule has 1 unspecified atom stereocenters. The fraction of sp³-hybridized carbons (Fsp3) is 0.724. The number of halogens is 1. The number of piperazine rings is 1. The Labute approximate surface area is 234 Å². The number of carbonyl (C=O) groups excluding carboxylic acids is 2. The zero-order valence-electron chi connectivity index (χ0n) is 23.6. The van der Waals surface area contributed by atoms with E-state index in [0.29, 0.717) is 37.6 Å². The third-order valence-electron chi connectivity index (χ3n) is 8.72. The second kappa shape index (κ2) is 13.7. The lowest BCUT2D eigenvalue weighted by atomic mass is 9.79. The Kier molecular flexibility index (Phi) is 11.0. The van der Waals surface area contributed by atoms with Gasteiger partial charge in [-0.2, -0.15) is 0 Å². The minimum atomic E-state index is -0.750. The minimum absolute atomic E-state index is 0. The van der Waals surface area contributed by atoms with Crippen LogP contribution in [0.3, 0.4) is 0 Å². The molecule has 1 spiro atoms. The molecule has 0 aromatic heterocycles. The smallest absolute Gasteiger partial charge is 0.246 e. The highest BCUT2D eigenvalue weighted by Gasteiger charge is 2.53. The second-order valence-corrected chi connectivity index (χ2v) is 10.9. The number of ether oxygens (including phenoxy) is 3. The number of nitrogens with zero attached hydrogens (tertiary/aromatic N) is 2. The van der Waals surface area contributed by atoms with Crippen molar-refractivity contribution in [2.45, 2.75) is 89.3 Å². The first-order valence-electron chi connectivity index (χ1n) is 14.1. The van der Waals surface area contributed by atoms with Crippen LogP contribution in [0.1, 0.15) is 76.7 Å². The van der Waals surface area contributed by atoms with E-state index < -0.39 is 5.54 Å². The summed E-state index contributed by atoms with van der Waals surface area (Å²) >= 11 is 0. The van der Waals surface area contributed by atoms with Crippen molar-refractivity contribution < 1.29 is 23.8 Å². The lowest BCUT2D eigenvalue weighted by Gasteiger charge is -2.52. The number of amides is 2. The van der Waals surface area contributed by atoms with Crippen molar-refractivity contribution in [1.29, 1.82) is 0 Å². The molecule has 38 heavy (non-hydrogen) atoms. The molecule has 1 aromatic carbocycles. The largest absolute Gasteiger partial charge is 0.496 e. The highest BCUT2D eigenvalue weighted by molar-refractivity contribution is 6.00. The topological polar surface area (TPSA) is 80.3 Å². The summed E-state index contributed by atoms with van der Waals surface area (Å²) in [4.78, 5) is 31.8. The lowest BCUT2D eigenvalue weighted by molar-refractivity contribution is -0.162. The molecule has 2 amide bonds. The van der Waals surface area contributed by atoms with Crippen LogP contribution in [0.25, 0.3) is 0 Å². The quantitative estimate of drug-likeness (QED) is 0.459. The number of rotatable bonds is 10. The molecule has 4 rings (SSSR count). The van der Waals surface area contributed by atoms with Gasteiger partial charge in [-0.25, -0.2) is 0 Å². The number of carbonyl (C=O) groups is 2. The van der Waals surface area contributed by atoms with Crippen LogP contribution in [0.2, 0.25) is 0 Å². The Balaban J connectivity index is 0.00000400. The molecule has 0 bridgehead atoms. The number of methoxy groups -OCH3 is 3. The third kappa shape index (κ3) is 6.33. The molecule has 214 valence electrons. The van der Waals surface area contributed by atoms with Gasteiger partial charge in [-0.15, -0.1) is 12.4 Å². The van der Waals surface area contributed by atoms with E-state index in [1.165, 1.54) is 32.1 Å². The van der Waals surface area contributed by atoms with Crippen LogP contribution in [0, 0.1) is 5.92 Å². The van der Waals surface area contributed by atoms with Crippen molar-refractivity contribution in [2.75, 3.05) is 41.0 Å². The number of unbranched alkanes of at least 4 members (excludes halogenated alkanes) is 1. The van der Waals surface area contributed by atoms with Crippen molar-refractivity contribution in [3.05, 3.63) is 17.7 Å². The molecule has 3 aliphatic rings. The number of likely N-dealkylation sites (tertiary alicyclic amines) is 1. The van der Waals surface area contributed by atoms with Gasteiger partial charge in [-0.3, -0.25) is 14.5 Å². The number of hydrogen-bond acceptors (Lipinski definition) is 6. The zero-order valence-corrected chi connectivity index (χ0v) is 24.4. The molecule has 1 atom stereocenters. The van der Waals surface area contributed by atoms with Gasteiger partial charge in [-0.1, -0.05) is 45.4 Å². The molecule has 2 aliphatic heterocycles. The van der Waals surface area contributed by atoms with Crippen molar-refractivity contribution >= 4 is 24.2 Å². The van der Waals surface area contributed by atoms with Crippen molar-refractivity contribution in [3.63, 3.8) is 0 Å². The number of nitrogens with one attached hydrogen (secondary N) is 1. The summed E-state index contributed by atoms with van der Waals surface area (Å²) in [6, 6.07) is 3.37. The minimum Gasteiger partial charge on any atom is -0.496 e. The predicted octanol–water partition coefficient (Wildman–Crippen LogP) is 4.57. The van der Waals surface area contributed by atoms with E-state index in [1.807, 2.05) is 17.0 Å². The maximum absolute atomic E-state index is 13.8. The molecule has 1 aromatic rings. The van der Waals surface area contributed by atoms with Crippen molar-refractivity contribution in [1.82, 2.24) is 15.1 Å². The molecule has 1 saturated carbocycles. The van der Waals surface area contributed by atoms with E-state index >= 15 is 0 Å². The average Bonchev–Trinajstić information content (AvgIpc) is 2.93. The standard InChI is InChI=1S/C29H45N3O5.ClH/c1-5-6-14-32-27(33)24(17-21-10-8-7-9-11-21)30-28(34)29(32)12-15-31(16-13-29)20-23-25(36-3)18-22(35-2)19-26(23)37-4;/h18-19,21,24H,5-17,20H2,1-4H3,(H,30,34);1H. The first-order valence-corrected chi connectivity index (χ1v) is 14.1. The highest BCUT2D eigenvalue weighted by atomic mass is 35.5. The Morgan fingerprint density at radius 1 is 0.974 bits per heavy atom. The first kappa shape index (κ1) is 30.4. The van der Waals surface area contributed by atoms with Gasteiger partial charge in [0.15, 0.2) is 0 Å². The third-order valence-corrected chi connectivity index (χ3v) is 8.72. The summed E-state index contributed by atoms with van der Waals surface area (Å²) in [5.41, 5.74) is 0.209. The van der Waals surface area contributed by atoms with E-state index in [0.717, 1.165) is 49.4 Å². The summed E-state index contributed by atoms with van der Waals surface area (Å²) in [5.74, 6) is 2.84. The lowest BCUT2D eigenvalue weighted by Crippen LogP contribution is -2.73. The maximum atomic E-state index is 13.8. The summed E-state index contributed by atoms with van der Waals surface area (Å²) in [5, 5.41) is 3.19. The van der Waals surface area contributed by atoms with Gasteiger partial charge >= 0.3 is 0 Å². The van der Waals surface area contributed by atoms with Gasteiger partial charge in [0.05, 0.1) is 26.9 Å². The Hall–Kier alpha value is -2.19. The van der Waals surface area contributed by atoms with Crippen LogP contribution in [-0.4, -0.2) is 74.2 Å². The average molecular weight is 552 g/mol. The van der Waals surface area contributed by atoms with Crippen LogP contribution >= 0.6 is 12.4 Å². The van der Waals surface area contributed by atoms with E-state index in [1.54, 1.807) is 21.3 Å². The molecule has 2 heterocycles. The molecular weight excluding hydrogens is 506 g/mol. The number of piperidine rings is 1.